The third-order valence-electron chi connectivity index (χ3n) is 7.08. The zero-order valence-corrected chi connectivity index (χ0v) is 21.5. The fraction of sp³-hybridized carbons (Fsp3) is 0.600. The van der Waals surface area contributed by atoms with Gasteiger partial charge >= 0.3 is 0 Å². The van der Waals surface area contributed by atoms with Crippen LogP contribution in [0, 0.1) is 23.2 Å². The van der Waals surface area contributed by atoms with Crippen LogP contribution in [0.25, 0.3) is 10.8 Å². The van der Waals surface area contributed by atoms with Gasteiger partial charge in [-0.05, 0) is 81.7 Å². The Labute approximate surface area is 202 Å². The van der Waals surface area contributed by atoms with Crippen LogP contribution in [-0.2, 0) is 16.0 Å². The molecule has 1 saturated carbocycles. The molecule has 3 heteroatoms. The van der Waals surface area contributed by atoms with Crippen molar-refractivity contribution in [3.63, 3.8) is 0 Å². The first-order valence-corrected chi connectivity index (χ1v) is 12.7. The molecule has 33 heavy (non-hydrogen) atoms. The third kappa shape index (κ3) is 7.50. The van der Waals surface area contributed by atoms with Crippen LogP contribution in [0.3, 0.4) is 0 Å². The molecule has 2 aromatic carbocycles. The summed E-state index contributed by atoms with van der Waals surface area (Å²) in [7, 11) is 0. The van der Waals surface area contributed by atoms with Gasteiger partial charge in [0.25, 0.3) is 0 Å². The molecule has 2 aromatic rings. The maximum Gasteiger partial charge on any atom is 0.142 e. The summed E-state index contributed by atoms with van der Waals surface area (Å²) in [6, 6.07) is 14.7. The lowest BCUT2D eigenvalue weighted by molar-refractivity contribution is -0.135. The summed E-state index contributed by atoms with van der Waals surface area (Å²) in [6.07, 6.45) is 5.13. The lowest BCUT2D eigenvalue weighted by atomic mass is 9.74. The number of carbonyl (C=O) groups is 2. The Balaban J connectivity index is 0.00000408. The molecule has 1 atom stereocenters. The van der Waals surface area contributed by atoms with E-state index in [1.807, 2.05) is 32.9 Å². The average molecular weight is 452 g/mol. The highest BCUT2D eigenvalue weighted by atomic mass is 16.1. The van der Waals surface area contributed by atoms with Crippen LogP contribution >= 0.6 is 0 Å². The van der Waals surface area contributed by atoms with Gasteiger partial charge in [-0.1, -0.05) is 63.2 Å². The molecule has 0 saturated heterocycles. The number of rotatable bonds is 8. The Morgan fingerprint density at radius 2 is 1.58 bits per heavy atom. The molecule has 3 rings (SSSR count). The van der Waals surface area contributed by atoms with Crippen molar-refractivity contribution in [2.45, 2.75) is 85.6 Å². The van der Waals surface area contributed by atoms with E-state index in [9.17, 15) is 9.59 Å². The van der Waals surface area contributed by atoms with Crippen molar-refractivity contribution in [2.75, 3.05) is 6.54 Å². The Morgan fingerprint density at radius 3 is 2.18 bits per heavy atom. The predicted molar refractivity (Wildman–Crippen MR) is 141 cm³/mol. The van der Waals surface area contributed by atoms with Crippen LogP contribution in [0.4, 0.5) is 0 Å². The van der Waals surface area contributed by atoms with E-state index in [1.54, 1.807) is 0 Å². The van der Waals surface area contributed by atoms with E-state index in [-0.39, 0.29) is 24.6 Å². The molecule has 1 aliphatic carbocycles. The molecule has 1 aliphatic rings. The Morgan fingerprint density at radius 1 is 0.939 bits per heavy atom. The maximum atomic E-state index is 13.3. The molecule has 0 bridgehead atoms. The molecule has 0 spiro atoms. The van der Waals surface area contributed by atoms with Crippen LogP contribution in [0.2, 0.25) is 0 Å². The monoisotopic (exact) mass is 451 g/mol. The van der Waals surface area contributed by atoms with Crippen molar-refractivity contribution in [3.05, 3.63) is 48.0 Å². The van der Waals surface area contributed by atoms with Crippen molar-refractivity contribution in [3.8, 4) is 0 Å². The highest BCUT2D eigenvalue weighted by Crippen LogP contribution is 2.33. The molecule has 1 N–H and O–H groups in total. The van der Waals surface area contributed by atoms with Crippen LogP contribution in [0.15, 0.2) is 42.5 Å². The van der Waals surface area contributed by atoms with Gasteiger partial charge in [0, 0.05) is 30.6 Å². The highest BCUT2D eigenvalue weighted by molar-refractivity contribution is 5.92. The predicted octanol–water partition coefficient (Wildman–Crippen LogP) is 7.01. The number of ketones is 2. The molecule has 182 valence electrons. The number of hydrogen-bond donors (Lipinski definition) is 1. The van der Waals surface area contributed by atoms with E-state index < -0.39 is 5.41 Å². The Bertz CT molecular complexity index is 962. The van der Waals surface area contributed by atoms with Gasteiger partial charge in [-0.15, -0.1) is 0 Å². The highest BCUT2D eigenvalue weighted by Gasteiger charge is 2.34. The van der Waals surface area contributed by atoms with Gasteiger partial charge in [-0.25, -0.2) is 0 Å². The topological polar surface area (TPSA) is 46.2 Å². The minimum atomic E-state index is -0.446. The molecule has 0 amide bonds. The van der Waals surface area contributed by atoms with E-state index in [4.69, 9.17) is 0 Å². The summed E-state index contributed by atoms with van der Waals surface area (Å²) in [5.74, 6) is 1.01. The van der Waals surface area contributed by atoms with Gasteiger partial charge in [0.05, 0.1) is 0 Å². The summed E-state index contributed by atoms with van der Waals surface area (Å²) in [5.41, 5.74) is 0.828. The van der Waals surface area contributed by atoms with E-state index in [2.05, 4.69) is 56.4 Å². The average Bonchev–Trinajstić information content (AvgIpc) is 2.76. The molecule has 1 unspecified atom stereocenters. The van der Waals surface area contributed by atoms with E-state index in [0.29, 0.717) is 24.5 Å². The van der Waals surface area contributed by atoms with Crippen molar-refractivity contribution in [1.82, 2.24) is 5.32 Å². The largest absolute Gasteiger partial charge is 0.312 e. The molecule has 1 fully saturated rings. The minimum Gasteiger partial charge on any atom is -0.312 e. The number of benzene rings is 2. The zero-order valence-electron chi connectivity index (χ0n) is 21.5. The quantitative estimate of drug-likeness (QED) is 0.469. The lowest BCUT2D eigenvalue weighted by Crippen LogP contribution is -2.40. The minimum absolute atomic E-state index is 0. The first-order valence-electron chi connectivity index (χ1n) is 12.7. The summed E-state index contributed by atoms with van der Waals surface area (Å²) in [4.78, 5) is 26.6. The number of nitrogens with one attached hydrogen (secondary N) is 1. The standard InChI is InChI=1S/C30H43NO2.H2/c1-29(2,3)28(33)26(18-22-13-14-23-9-7-8-10-25(23)17-22)19-27(32)24-15-11-21(12-16-24)20-31-30(4,5)6;/h7-10,13-14,17,21,24,26,31H,11-12,15-16,18-20H2,1-6H3;1H. The Hall–Kier alpha value is -2.00. The second-order valence-corrected chi connectivity index (χ2v) is 12.2. The zero-order chi connectivity index (χ0) is 24.2. The van der Waals surface area contributed by atoms with Crippen molar-refractivity contribution < 1.29 is 11.0 Å². The fourth-order valence-electron chi connectivity index (χ4n) is 5.07. The summed E-state index contributed by atoms with van der Waals surface area (Å²) >= 11 is 0. The van der Waals surface area contributed by atoms with Crippen LogP contribution in [0.1, 0.15) is 80.6 Å². The summed E-state index contributed by atoms with van der Waals surface area (Å²) in [5, 5.41) is 6.00. The normalized spacial score (nSPS) is 20.5. The lowest BCUT2D eigenvalue weighted by Gasteiger charge is -2.32. The molecular formula is C30H45NO2. The van der Waals surface area contributed by atoms with E-state index in [1.165, 1.54) is 10.8 Å². The fourth-order valence-corrected chi connectivity index (χ4v) is 5.07. The second kappa shape index (κ2) is 10.5. The van der Waals surface area contributed by atoms with Crippen molar-refractivity contribution >= 4 is 22.3 Å². The van der Waals surface area contributed by atoms with Crippen LogP contribution in [-0.4, -0.2) is 23.7 Å². The Kier molecular flexibility index (Phi) is 8.16. The SMILES string of the molecule is CC(C)(C)NCC1CCC(C(=O)CC(Cc2ccc3ccccc3c2)C(=O)C(C)(C)C)CC1.[HH]. The van der Waals surface area contributed by atoms with Crippen molar-refractivity contribution in [1.29, 1.82) is 0 Å². The molecule has 0 aromatic heterocycles. The van der Waals surface area contributed by atoms with Crippen LogP contribution in [0.5, 0.6) is 0 Å². The third-order valence-corrected chi connectivity index (χ3v) is 7.08. The maximum absolute atomic E-state index is 13.3. The van der Waals surface area contributed by atoms with Gasteiger partial charge < -0.3 is 5.32 Å². The van der Waals surface area contributed by atoms with Gasteiger partial charge in [-0.3, -0.25) is 9.59 Å². The molecule has 0 aliphatic heterocycles. The molecular weight excluding hydrogens is 406 g/mol. The van der Waals surface area contributed by atoms with Gasteiger partial charge in [0.15, 0.2) is 0 Å². The first kappa shape index (κ1) is 25.6. The summed E-state index contributed by atoms with van der Waals surface area (Å²) < 4.78 is 0. The number of hydrogen-bond acceptors (Lipinski definition) is 3. The first-order chi connectivity index (χ1) is 15.4. The van der Waals surface area contributed by atoms with E-state index in [0.717, 1.165) is 37.8 Å². The van der Waals surface area contributed by atoms with Crippen molar-refractivity contribution in [2.24, 2.45) is 23.2 Å². The second-order valence-electron chi connectivity index (χ2n) is 12.2. The number of carbonyl (C=O) groups excluding carboxylic acids is 2. The number of Topliss-reactive ketones (excluding diaryl/α,β-unsaturated/α-hetero) is 2. The van der Waals surface area contributed by atoms with Gasteiger partial charge in [0.2, 0.25) is 0 Å². The summed E-state index contributed by atoms with van der Waals surface area (Å²) in [6.45, 7) is 13.5. The van der Waals surface area contributed by atoms with E-state index >= 15 is 0 Å². The van der Waals surface area contributed by atoms with Gasteiger partial charge in [0.1, 0.15) is 11.6 Å². The smallest absolute Gasteiger partial charge is 0.142 e. The van der Waals surface area contributed by atoms with Gasteiger partial charge in [-0.2, -0.15) is 0 Å². The number of fused-ring (bicyclic) bond motifs is 1. The van der Waals surface area contributed by atoms with Crippen LogP contribution < -0.4 is 5.32 Å². The molecule has 0 heterocycles. The molecule has 0 radical (unpaired) electrons. The molecule has 3 nitrogen and oxygen atoms in total.